The molecule has 0 unspecified atom stereocenters. The Morgan fingerprint density at radius 2 is 2.16 bits per heavy atom. The van der Waals surface area contributed by atoms with Crippen molar-refractivity contribution in [3.8, 4) is 0 Å². The number of nitrogens with one attached hydrogen (secondary N) is 1. The third-order valence-electron chi connectivity index (χ3n) is 3.04. The maximum atomic E-state index is 12.9. The number of carbonyl (C=O) groups excluding carboxylic acids is 1. The Hall–Kier alpha value is -2.11. The zero-order valence-corrected chi connectivity index (χ0v) is 10.3. The summed E-state index contributed by atoms with van der Waals surface area (Å²) in [6.07, 6.45) is 0.0909. The minimum Gasteiger partial charge on any atom is -0.481 e. The quantitative estimate of drug-likeness (QED) is 0.866. The molecule has 1 aliphatic heterocycles. The Bertz CT molecular complexity index is 487. The first kappa shape index (κ1) is 13.3. The fourth-order valence-electron chi connectivity index (χ4n) is 2.05. The summed E-state index contributed by atoms with van der Waals surface area (Å²) in [4.78, 5) is 23.7. The third-order valence-corrected chi connectivity index (χ3v) is 3.04. The molecule has 5 nitrogen and oxygen atoms in total. The van der Waals surface area contributed by atoms with Gasteiger partial charge in [-0.1, -0.05) is 12.1 Å². The molecule has 6 heteroatoms. The monoisotopic (exact) mass is 266 g/mol. The molecule has 1 aliphatic rings. The van der Waals surface area contributed by atoms with Crippen LogP contribution in [0.4, 0.5) is 9.18 Å². The summed E-state index contributed by atoms with van der Waals surface area (Å²) < 4.78 is 12.9. The van der Waals surface area contributed by atoms with Crippen LogP contribution in [-0.4, -0.2) is 35.1 Å². The van der Waals surface area contributed by atoms with Crippen molar-refractivity contribution in [2.24, 2.45) is 5.92 Å². The summed E-state index contributed by atoms with van der Waals surface area (Å²) in [5.41, 5.74) is 0.691. The zero-order chi connectivity index (χ0) is 13.8. The van der Waals surface area contributed by atoms with Crippen LogP contribution in [0.3, 0.4) is 0 Å². The molecular weight excluding hydrogens is 251 g/mol. The van der Waals surface area contributed by atoms with Gasteiger partial charge in [-0.15, -0.1) is 0 Å². The molecule has 19 heavy (non-hydrogen) atoms. The van der Waals surface area contributed by atoms with Gasteiger partial charge in [-0.2, -0.15) is 0 Å². The molecular formula is C13H15FN2O3. The van der Waals surface area contributed by atoms with Crippen LogP contribution >= 0.6 is 0 Å². The van der Waals surface area contributed by atoms with Gasteiger partial charge in [0.2, 0.25) is 0 Å². The summed E-state index contributed by atoms with van der Waals surface area (Å²) in [6, 6.07) is 5.78. The van der Waals surface area contributed by atoms with Crippen molar-refractivity contribution in [2.45, 2.75) is 13.0 Å². The first-order chi connectivity index (χ1) is 9.04. The summed E-state index contributed by atoms with van der Waals surface area (Å²) in [7, 11) is 0. The Labute approximate surface area is 110 Å². The van der Waals surface area contributed by atoms with E-state index in [1.54, 1.807) is 17.0 Å². The summed E-state index contributed by atoms with van der Waals surface area (Å²) in [5.74, 6) is -1.14. The lowest BCUT2D eigenvalue weighted by Crippen LogP contribution is -2.54. The number of amides is 2. The normalized spacial score (nSPS) is 14.9. The first-order valence-corrected chi connectivity index (χ1v) is 6.03. The van der Waals surface area contributed by atoms with Crippen molar-refractivity contribution in [3.63, 3.8) is 0 Å². The van der Waals surface area contributed by atoms with E-state index in [4.69, 9.17) is 5.11 Å². The molecule has 0 aliphatic carbocycles. The number of hydrogen-bond acceptors (Lipinski definition) is 2. The molecule has 1 saturated heterocycles. The second kappa shape index (κ2) is 5.69. The van der Waals surface area contributed by atoms with Gasteiger partial charge in [-0.05, 0) is 17.7 Å². The molecule has 0 radical (unpaired) electrons. The first-order valence-electron chi connectivity index (χ1n) is 6.03. The fraction of sp³-hybridized carbons (Fsp3) is 0.385. The molecule has 1 aromatic rings. The number of nitrogens with zero attached hydrogens (tertiary/aromatic N) is 1. The van der Waals surface area contributed by atoms with Crippen molar-refractivity contribution >= 4 is 12.0 Å². The van der Waals surface area contributed by atoms with E-state index in [0.29, 0.717) is 18.7 Å². The molecule has 0 atom stereocenters. The number of carboxylic acid groups (broad SMARTS) is 1. The summed E-state index contributed by atoms with van der Waals surface area (Å²) in [5, 5.41) is 11.3. The number of aliphatic carboxylic acids is 1. The highest BCUT2D eigenvalue weighted by Gasteiger charge is 2.31. The van der Waals surface area contributed by atoms with E-state index in [1.165, 1.54) is 12.1 Å². The topological polar surface area (TPSA) is 69.6 Å². The average molecular weight is 266 g/mol. The maximum absolute atomic E-state index is 12.9. The second-order valence-corrected chi connectivity index (χ2v) is 4.66. The number of carbonyl (C=O) groups is 2. The van der Waals surface area contributed by atoms with Gasteiger partial charge in [0.25, 0.3) is 0 Å². The van der Waals surface area contributed by atoms with Gasteiger partial charge in [-0.3, -0.25) is 4.79 Å². The van der Waals surface area contributed by atoms with Crippen molar-refractivity contribution in [1.82, 2.24) is 10.2 Å². The highest BCUT2D eigenvalue weighted by atomic mass is 19.1. The number of carboxylic acids is 1. The van der Waals surface area contributed by atoms with Gasteiger partial charge in [0.05, 0.1) is 6.42 Å². The van der Waals surface area contributed by atoms with Crippen molar-refractivity contribution < 1.29 is 19.1 Å². The lowest BCUT2D eigenvalue weighted by atomic mass is 9.97. The predicted molar refractivity (Wildman–Crippen MR) is 66.0 cm³/mol. The number of likely N-dealkylation sites (tertiary alicyclic amines) is 1. The molecule has 2 rings (SSSR count). The highest BCUT2D eigenvalue weighted by molar-refractivity contribution is 5.75. The number of rotatable bonds is 4. The van der Waals surface area contributed by atoms with E-state index in [2.05, 4.69) is 5.32 Å². The molecule has 0 spiro atoms. The van der Waals surface area contributed by atoms with Gasteiger partial charge in [-0.25, -0.2) is 9.18 Å². The van der Waals surface area contributed by atoms with E-state index in [1.807, 2.05) is 0 Å². The lowest BCUT2D eigenvalue weighted by Gasteiger charge is -2.38. The Morgan fingerprint density at radius 1 is 1.42 bits per heavy atom. The van der Waals surface area contributed by atoms with Crippen LogP contribution in [0.15, 0.2) is 24.3 Å². The zero-order valence-electron chi connectivity index (χ0n) is 10.3. The lowest BCUT2D eigenvalue weighted by molar-refractivity contribution is -0.139. The number of urea groups is 1. The SMILES string of the molecule is O=C(O)CC1CN(C(=O)NCc2cccc(F)c2)C1. The van der Waals surface area contributed by atoms with E-state index < -0.39 is 5.97 Å². The number of hydrogen-bond donors (Lipinski definition) is 2. The van der Waals surface area contributed by atoms with Crippen LogP contribution in [0, 0.1) is 11.7 Å². The van der Waals surface area contributed by atoms with Crippen LogP contribution in [0.25, 0.3) is 0 Å². The van der Waals surface area contributed by atoms with Crippen LogP contribution in [0.2, 0.25) is 0 Å². The average Bonchev–Trinajstić information content (AvgIpc) is 2.30. The minimum atomic E-state index is -0.843. The number of benzene rings is 1. The molecule has 0 aromatic heterocycles. The van der Waals surface area contributed by atoms with Gasteiger partial charge in [0.15, 0.2) is 0 Å². The van der Waals surface area contributed by atoms with E-state index >= 15 is 0 Å². The Morgan fingerprint density at radius 3 is 2.79 bits per heavy atom. The molecule has 102 valence electrons. The molecule has 2 amide bonds. The van der Waals surface area contributed by atoms with Gasteiger partial charge in [0, 0.05) is 25.6 Å². The smallest absolute Gasteiger partial charge is 0.317 e. The van der Waals surface area contributed by atoms with Gasteiger partial charge in [0.1, 0.15) is 5.82 Å². The van der Waals surface area contributed by atoms with Gasteiger partial charge < -0.3 is 15.3 Å². The van der Waals surface area contributed by atoms with Crippen molar-refractivity contribution in [3.05, 3.63) is 35.6 Å². The fourth-order valence-corrected chi connectivity index (χ4v) is 2.05. The summed E-state index contributed by atoms with van der Waals surface area (Å²) >= 11 is 0. The Balaban J connectivity index is 1.73. The largest absolute Gasteiger partial charge is 0.481 e. The second-order valence-electron chi connectivity index (χ2n) is 4.66. The van der Waals surface area contributed by atoms with Crippen LogP contribution in [0.5, 0.6) is 0 Å². The minimum absolute atomic E-state index is 0.0393. The highest BCUT2D eigenvalue weighted by Crippen LogP contribution is 2.18. The molecule has 0 bridgehead atoms. The van der Waals surface area contributed by atoms with Crippen LogP contribution < -0.4 is 5.32 Å². The van der Waals surface area contributed by atoms with Crippen LogP contribution in [-0.2, 0) is 11.3 Å². The molecule has 1 heterocycles. The van der Waals surface area contributed by atoms with Crippen molar-refractivity contribution in [2.75, 3.05) is 13.1 Å². The van der Waals surface area contributed by atoms with Gasteiger partial charge >= 0.3 is 12.0 Å². The molecule has 0 saturated carbocycles. The summed E-state index contributed by atoms with van der Waals surface area (Å²) in [6.45, 7) is 1.18. The standard InChI is InChI=1S/C13H15FN2O3/c14-11-3-1-2-9(4-11)6-15-13(19)16-7-10(8-16)5-12(17)18/h1-4,10H,5-8H2,(H,15,19)(H,17,18). The van der Waals surface area contributed by atoms with E-state index in [-0.39, 0.29) is 30.7 Å². The third kappa shape index (κ3) is 3.67. The maximum Gasteiger partial charge on any atom is 0.317 e. The molecule has 1 aromatic carbocycles. The van der Waals surface area contributed by atoms with Crippen molar-refractivity contribution in [1.29, 1.82) is 0 Å². The Kier molecular flexibility index (Phi) is 3.99. The molecule has 2 N–H and O–H groups in total. The van der Waals surface area contributed by atoms with E-state index in [0.717, 1.165) is 0 Å². The number of halogens is 1. The van der Waals surface area contributed by atoms with Crippen LogP contribution in [0.1, 0.15) is 12.0 Å². The van der Waals surface area contributed by atoms with E-state index in [9.17, 15) is 14.0 Å². The predicted octanol–water partition coefficient (Wildman–Crippen LogP) is 1.44. The molecule has 1 fully saturated rings.